The third kappa shape index (κ3) is 3.32. The van der Waals surface area contributed by atoms with Gasteiger partial charge in [-0.3, -0.25) is 4.79 Å². The summed E-state index contributed by atoms with van der Waals surface area (Å²) in [4.78, 5) is 17.7. The molecule has 1 radical (unpaired) electrons. The van der Waals surface area contributed by atoms with Crippen molar-refractivity contribution >= 4 is 21.4 Å². The molecule has 0 unspecified atom stereocenters. The van der Waals surface area contributed by atoms with Gasteiger partial charge in [-0.2, -0.15) is 0 Å². The first kappa shape index (κ1) is 14.0. The predicted molar refractivity (Wildman–Crippen MR) is 72.6 cm³/mol. The summed E-state index contributed by atoms with van der Waals surface area (Å²) < 4.78 is 22.7. The zero-order valence-electron chi connectivity index (χ0n) is 10.9. The van der Waals surface area contributed by atoms with Gasteiger partial charge in [0.15, 0.2) is 9.84 Å². The lowest BCUT2D eigenvalue weighted by molar-refractivity contribution is -0.119. The maximum Gasteiger partial charge on any atom is 0.177 e. The minimum Gasteiger partial charge on any atom is -0.357 e. The average molecular weight is 281 g/mol. The number of aromatic nitrogens is 1. The highest BCUT2D eigenvalue weighted by Gasteiger charge is 2.23. The van der Waals surface area contributed by atoms with Gasteiger partial charge in [-0.05, 0) is 25.0 Å². The van der Waals surface area contributed by atoms with Crippen LogP contribution in [0.2, 0.25) is 0 Å². The highest BCUT2D eigenvalue weighted by molar-refractivity contribution is 7.90. The van der Waals surface area contributed by atoms with Crippen molar-refractivity contribution in [1.82, 2.24) is 4.98 Å². The van der Waals surface area contributed by atoms with Gasteiger partial charge in [-0.25, -0.2) is 13.4 Å². The van der Waals surface area contributed by atoms with Crippen molar-refractivity contribution in [3.05, 3.63) is 25.3 Å². The van der Waals surface area contributed by atoms with E-state index in [-0.39, 0.29) is 16.6 Å². The molecule has 1 aliphatic rings. The minimum atomic E-state index is -3.20. The minimum absolute atomic E-state index is 0.0000310. The first-order valence-electron chi connectivity index (χ1n) is 6.15. The van der Waals surface area contributed by atoms with Crippen molar-refractivity contribution in [2.75, 3.05) is 24.2 Å². The van der Waals surface area contributed by atoms with Gasteiger partial charge in [0.2, 0.25) is 0 Å². The Hall–Kier alpha value is -1.43. The third-order valence-corrected chi connectivity index (χ3v) is 4.52. The number of ketones is 1. The number of sulfone groups is 1. The number of anilines is 1. The van der Waals surface area contributed by atoms with Crippen LogP contribution in [0, 0.1) is 12.8 Å². The van der Waals surface area contributed by atoms with E-state index in [9.17, 15) is 13.2 Å². The van der Waals surface area contributed by atoms with E-state index in [1.165, 1.54) is 6.20 Å². The number of hydrogen-bond donors (Lipinski definition) is 0. The molecule has 0 bridgehead atoms. The molecule has 1 aromatic heterocycles. The smallest absolute Gasteiger partial charge is 0.177 e. The van der Waals surface area contributed by atoms with Crippen LogP contribution in [0.15, 0.2) is 23.2 Å². The van der Waals surface area contributed by atoms with E-state index in [2.05, 4.69) is 16.8 Å². The zero-order chi connectivity index (χ0) is 14.0. The van der Waals surface area contributed by atoms with E-state index in [0.717, 1.165) is 38.0 Å². The van der Waals surface area contributed by atoms with Gasteiger partial charge < -0.3 is 4.90 Å². The van der Waals surface area contributed by atoms with Gasteiger partial charge in [0, 0.05) is 38.4 Å². The normalized spacial score (nSPS) is 17.5. The standard InChI is InChI=1S/C13H17N2O3S/c1-10(16)11-5-7-15(8-6-11)13-4-3-12(9-14-13)19(2,17)18/h3-4,9,11H,1,5-8H2,2H3. The summed E-state index contributed by atoms with van der Waals surface area (Å²) in [6, 6.07) is 3.28. The molecular weight excluding hydrogens is 264 g/mol. The molecule has 1 aliphatic heterocycles. The van der Waals surface area contributed by atoms with Crippen molar-refractivity contribution in [2.45, 2.75) is 17.7 Å². The monoisotopic (exact) mass is 281 g/mol. The maximum atomic E-state index is 11.3. The molecule has 1 aromatic rings. The van der Waals surface area contributed by atoms with Gasteiger partial charge in [0.05, 0.1) is 4.90 Å². The molecule has 2 rings (SSSR count). The Labute approximate surface area is 113 Å². The highest BCUT2D eigenvalue weighted by Crippen LogP contribution is 2.22. The van der Waals surface area contributed by atoms with Crippen LogP contribution in [0.25, 0.3) is 0 Å². The maximum absolute atomic E-state index is 11.3. The van der Waals surface area contributed by atoms with Crippen molar-refractivity contribution in [3.8, 4) is 0 Å². The molecule has 0 N–H and O–H groups in total. The molecule has 2 heterocycles. The van der Waals surface area contributed by atoms with Crippen molar-refractivity contribution in [3.63, 3.8) is 0 Å². The Kier molecular flexibility index (Phi) is 3.89. The van der Waals surface area contributed by atoms with Crippen LogP contribution in [0.3, 0.4) is 0 Å². The number of carbonyl (C=O) groups excluding carboxylic acids is 1. The fourth-order valence-corrected chi connectivity index (χ4v) is 2.77. The zero-order valence-corrected chi connectivity index (χ0v) is 11.7. The lowest BCUT2D eigenvalue weighted by atomic mass is 9.93. The van der Waals surface area contributed by atoms with Crippen LogP contribution in [-0.2, 0) is 14.6 Å². The molecule has 1 fully saturated rings. The molecule has 0 saturated carbocycles. The molecule has 0 aliphatic carbocycles. The van der Waals surface area contributed by atoms with E-state index >= 15 is 0 Å². The number of pyridine rings is 1. The van der Waals surface area contributed by atoms with E-state index < -0.39 is 9.84 Å². The van der Waals surface area contributed by atoms with Gasteiger partial charge in [-0.15, -0.1) is 0 Å². The van der Waals surface area contributed by atoms with E-state index in [4.69, 9.17) is 0 Å². The molecule has 0 amide bonds. The summed E-state index contributed by atoms with van der Waals surface area (Å²) in [6.07, 6.45) is 4.09. The SMILES string of the molecule is [CH2]C(=O)C1CCN(c2ccc(S(C)(=O)=O)cn2)CC1. The van der Waals surface area contributed by atoms with Crippen molar-refractivity contribution in [2.24, 2.45) is 5.92 Å². The summed E-state index contributed by atoms with van der Waals surface area (Å²) in [7, 11) is -3.20. The second-order valence-electron chi connectivity index (χ2n) is 4.85. The first-order chi connectivity index (χ1) is 8.88. The lowest BCUT2D eigenvalue weighted by Gasteiger charge is -2.31. The largest absolute Gasteiger partial charge is 0.357 e. The second kappa shape index (κ2) is 5.28. The number of rotatable bonds is 3. The lowest BCUT2D eigenvalue weighted by Crippen LogP contribution is -2.36. The van der Waals surface area contributed by atoms with Crippen LogP contribution in [0.4, 0.5) is 5.82 Å². The molecule has 103 valence electrons. The van der Waals surface area contributed by atoms with Crippen LogP contribution >= 0.6 is 0 Å². The van der Waals surface area contributed by atoms with Crippen LogP contribution < -0.4 is 4.90 Å². The summed E-state index contributed by atoms with van der Waals surface area (Å²) in [5.74, 6) is 0.800. The Morgan fingerprint density at radius 2 is 2.00 bits per heavy atom. The fourth-order valence-electron chi connectivity index (χ4n) is 2.21. The van der Waals surface area contributed by atoms with E-state index in [1.807, 2.05) is 0 Å². The molecule has 0 spiro atoms. The number of carbonyl (C=O) groups is 1. The molecule has 5 nitrogen and oxygen atoms in total. The Morgan fingerprint density at radius 1 is 1.37 bits per heavy atom. The summed E-state index contributed by atoms with van der Waals surface area (Å²) in [5.41, 5.74) is 0. The Bertz CT molecular complexity index is 558. The predicted octanol–water partition coefficient (Wildman–Crippen LogP) is 1.10. The molecular formula is C13H17N2O3S. The summed E-state index contributed by atoms with van der Waals surface area (Å²) in [6.45, 7) is 4.95. The third-order valence-electron chi connectivity index (χ3n) is 3.42. The average Bonchev–Trinajstić information content (AvgIpc) is 2.38. The molecule has 19 heavy (non-hydrogen) atoms. The van der Waals surface area contributed by atoms with Crippen LogP contribution in [0.1, 0.15) is 12.8 Å². The molecule has 0 atom stereocenters. The topological polar surface area (TPSA) is 67.3 Å². The highest BCUT2D eigenvalue weighted by atomic mass is 32.2. The molecule has 6 heteroatoms. The second-order valence-corrected chi connectivity index (χ2v) is 6.87. The summed E-state index contributed by atoms with van der Waals surface area (Å²) in [5, 5.41) is 0. The van der Waals surface area contributed by atoms with Gasteiger partial charge in [0.25, 0.3) is 0 Å². The van der Waals surface area contributed by atoms with Crippen LogP contribution in [-0.4, -0.2) is 38.5 Å². The quantitative estimate of drug-likeness (QED) is 0.830. The first-order valence-corrected chi connectivity index (χ1v) is 8.04. The summed E-state index contributed by atoms with van der Waals surface area (Å²) >= 11 is 0. The molecule has 1 saturated heterocycles. The number of hydrogen-bond acceptors (Lipinski definition) is 5. The van der Waals surface area contributed by atoms with Crippen LogP contribution in [0.5, 0.6) is 0 Å². The number of Topliss-reactive ketones (excluding diaryl/α,β-unsaturated/α-hetero) is 1. The molecule has 0 aromatic carbocycles. The van der Waals surface area contributed by atoms with Crippen molar-refractivity contribution in [1.29, 1.82) is 0 Å². The number of piperidine rings is 1. The van der Waals surface area contributed by atoms with E-state index in [1.54, 1.807) is 12.1 Å². The van der Waals surface area contributed by atoms with Crippen molar-refractivity contribution < 1.29 is 13.2 Å². The van der Waals surface area contributed by atoms with Gasteiger partial charge in [0.1, 0.15) is 11.6 Å². The van der Waals surface area contributed by atoms with Gasteiger partial charge in [-0.1, -0.05) is 0 Å². The van der Waals surface area contributed by atoms with E-state index in [0.29, 0.717) is 0 Å². The fraction of sp³-hybridized carbons (Fsp3) is 0.462. The Balaban J connectivity index is 2.06. The Morgan fingerprint density at radius 3 is 2.42 bits per heavy atom. The van der Waals surface area contributed by atoms with Gasteiger partial charge >= 0.3 is 0 Å². The number of nitrogens with zero attached hydrogens (tertiary/aromatic N) is 2.